The molecule has 1 fully saturated rings. The van der Waals surface area contributed by atoms with Gasteiger partial charge in [0, 0.05) is 11.6 Å². The fourth-order valence-corrected chi connectivity index (χ4v) is 2.64. The summed E-state index contributed by atoms with van der Waals surface area (Å²) in [4.78, 5) is 11.8. The van der Waals surface area contributed by atoms with Crippen LogP contribution in [0.25, 0.3) is 0 Å². The molecule has 1 aromatic rings. The number of carbonyl (C=O) groups is 1. The minimum Gasteiger partial charge on any atom is -0.348 e. The van der Waals surface area contributed by atoms with Crippen molar-refractivity contribution < 1.29 is 4.79 Å². The summed E-state index contributed by atoms with van der Waals surface area (Å²) in [6.07, 6.45) is 0. The van der Waals surface area contributed by atoms with Crippen molar-refractivity contribution in [2.24, 2.45) is 0 Å². The van der Waals surface area contributed by atoms with Crippen LogP contribution in [0, 0.1) is 0 Å². The molecule has 0 saturated carbocycles. The van der Waals surface area contributed by atoms with Crippen LogP contribution in [0.4, 0.5) is 0 Å². The Balaban J connectivity index is 1.92. The van der Waals surface area contributed by atoms with Gasteiger partial charge in [-0.1, -0.05) is 30.3 Å². The van der Waals surface area contributed by atoms with Gasteiger partial charge in [0.1, 0.15) is 0 Å². The molecule has 0 aliphatic carbocycles. The first kappa shape index (κ1) is 11.5. The van der Waals surface area contributed by atoms with Crippen LogP contribution in [0.2, 0.25) is 0 Å². The SMILES string of the molecule is CC(NC(=O)[C@H]1CSCN1)c1ccccc1. The molecule has 0 radical (unpaired) electrons. The molecule has 1 aliphatic rings. The molecule has 2 N–H and O–H groups in total. The Bertz CT molecular complexity index is 349. The minimum atomic E-state index is -0.0313. The van der Waals surface area contributed by atoms with E-state index in [9.17, 15) is 4.79 Å². The van der Waals surface area contributed by atoms with Gasteiger partial charge in [-0.25, -0.2) is 0 Å². The van der Waals surface area contributed by atoms with Crippen LogP contribution < -0.4 is 10.6 Å². The Hall–Kier alpha value is -1.00. The Kier molecular flexibility index (Phi) is 3.85. The lowest BCUT2D eigenvalue weighted by Gasteiger charge is -2.17. The molecule has 16 heavy (non-hydrogen) atoms. The van der Waals surface area contributed by atoms with E-state index in [2.05, 4.69) is 10.6 Å². The highest BCUT2D eigenvalue weighted by Gasteiger charge is 2.23. The first-order valence-electron chi connectivity index (χ1n) is 5.44. The van der Waals surface area contributed by atoms with Crippen LogP contribution >= 0.6 is 11.8 Å². The van der Waals surface area contributed by atoms with E-state index in [1.807, 2.05) is 37.3 Å². The van der Waals surface area contributed by atoms with Crippen molar-refractivity contribution >= 4 is 17.7 Å². The lowest BCUT2D eigenvalue weighted by Crippen LogP contribution is -2.42. The maximum absolute atomic E-state index is 11.8. The van der Waals surface area contributed by atoms with E-state index >= 15 is 0 Å². The summed E-state index contributed by atoms with van der Waals surface area (Å²) in [7, 11) is 0. The molecule has 86 valence electrons. The first-order valence-corrected chi connectivity index (χ1v) is 6.59. The number of nitrogens with one attached hydrogen (secondary N) is 2. The van der Waals surface area contributed by atoms with E-state index in [1.165, 1.54) is 0 Å². The van der Waals surface area contributed by atoms with Gasteiger partial charge in [0.25, 0.3) is 0 Å². The summed E-state index contributed by atoms with van der Waals surface area (Å²) in [5.74, 6) is 1.84. The van der Waals surface area contributed by atoms with Crippen LogP contribution in [0.1, 0.15) is 18.5 Å². The zero-order chi connectivity index (χ0) is 11.4. The van der Waals surface area contributed by atoms with Crippen LogP contribution in [0.5, 0.6) is 0 Å². The third-order valence-corrected chi connectivity index (χ3v) is 3.63. The summed E-state index contributed by atoms with van der Waals surface area (Å²) in [6.45, 7) is 2.01. The van der Waals surface area contributed by atoms with Gasteiger partial charge in [-0.15, -0.1) is 11.8 Å². The smallest absolute Gasteiger partial charge is 0.238 e. The quantitative estimate of drug-likeness (QED) is 0.836. The lowest BCUT2D eigenvalue weighted by atomic mass is 10.1. The Morgan fingerprint density at radius 1 is 1.50 bits per heavy atom. The van der Waals surface area contributed by atoms with E-state index in [1.54, 1.807) is 11.8 Å². The van der Waals surface area contributed by atoms with E-state index in [0.29, 0.717) is 0 Å². The molecule has 2 rings (SSSR count). The standard InChI is InChI=1S/C12H16N2OS/c1-9(10-5-3-2-4-6-10)14-12(15)11-7-16-8-13-11/h2-6,9,11,13H,7-8H2,1H3,(H,14,15)/t9?,11-/m1/s1. The number of hydrogen-bond acceptors (Lipinski definition) is 3. The molecule has 1 amide bonds. The van der Waals surface area contributed by atoms with Gasteiger partial charge < -0.3 is 5.32 Å². The topological polar surface area (TPSA) is 41.1 Å². The molecule has 1 saturated heterocycles. The average molecular weight is 236 g/mol. The van der Waals surface area contributed by atoms with Gasteiger partial charge in [-0.05, 0) is 12.5 Å². The van der Waals surface area contributed by atoms with Crippen molar-refractivity contribution in [1.29, 1.82) is 0 Å². The third-order valence-electron chi connectivity index (χ3n) is 2.69. The monoisotopic (exact) mass is 236 g/mol. The molecular weight excluding hydrogens is 220 g/mol. The molecular formula is C12H16N2OS. The number of rotatable bonds is 3. The molecule has 1 heterocycles. The second kappa shape index (κ2) is 5.37. The third kappa shape index (κ3) is 2.77. The Morgan fingerprint density at radius 3 is 2.88 bits per heavy atom. The van der Waals surface area contributed by atoms with Crippen LogP contribution in [-0.2, 0) is 4.79 Å². The molecule has 0 spiro atoms. The van der Waals surface area contributed by atoms with Crippen LogP contribution in [0.3, 0.4) is 0 Å². The second-order valence-electron chi connectivity index (χ2n) is 3.91. The van der Waals surface area contributed by atoms with E-state index < -0.39 is 0 Å². The number of thioether (sulfide) groups is 1. The van der Waals surface area contributed by atoms with Crippen molar-refractivity contribution in [3.8, 4) is 0 Å². The first-order chi connectivity index (χ1) is 7.77. The normalized spacial score (nSPS) is 21.7. The largest absolute Gasteiger partial charge is 0.348 e. The Morgan fingerprint density at radius 2 is 2.25 bits per heavy atom. The average Bonchev–Trinajstić information content (AvgIpc) is 2.83. The van der Waals surface area contributed by atoms with Crippen LogP contribution in [0.15, 0.2) is 30.3 Å². The highest BCUT2D eigenvalue weighted by molar-refractivity contribution is 7.99. The van der Waals surface area contributed by atoms with Gasteiger partial charge in [0.05, 0.1) is 12.1 Å². The minimum absolute atomic E-state index is 0.0313. The number of amides is 1. The van der Waals surface area contributed by atoms with Gasteiger partial charge in [-0.2, -0.15) is 0 Å². The molecule has 1 aliphatic heterocycles. The van der Waals surface area contributed by atoms with Gasteiger partial charge in [0.2, 0.25) is 5.91 Å². The predicted molar refractivity (Wildman–Crippen MR) is 67.2 cm³/mol. The molecule has 3 nitrogen and oxygen atoms in total. The summed E-state index contributed by atoms with van der Waals surface area (Å²) in [5.41, 5.74) is 1.14. The summed E-state index contributed by atoms with van der Waals surface area (Å²) in [5, 5.41) is 6.19. The molecule has 4 heteroatoms. The van der Waals surface area contributed by atoms with Crippen molar-refractivity contribution in [2.75, 3.05) is 11.6 Å². The fourth-order valence-electron chi connectivity index (χ4n) is 1.70. The maximum Gasteiger partial charge on any atom is 0.238 e. The van der Waals surface area contributed by atoms with Crippen molar-refractivity contribution in [2.45, 2.75) is 19.0 Å². The van der Waals surface area contributed by atoms with E-state index in [-0.39, 0.29) is 18.0 Å². The predicted octanol–water partition coefficient (Wildman–Crippen LogP) is 1.53. The van der Waals surface area contributed by atoms with Gasteiger partial charge >= 0.3 is 0 Å². The fraction of sp³-hybridized carbons (Fsp3) is 0.417. The number of hydrogen-bond donors (Lipinski definition) is 2. The van der Waals surface area contributed by atoms with Gasteiger partial charge in [0.15, 0.2) is 0 Å². The highest BCUT2D eigenvalue weighted by Crippen LogP contribution is 2.14. The highest BCUT2D eigenvalue weighted by atomic mass is 32.2. The number of carbonyl (C=O) groups excluding carboxylic acids is 1. The van der Waals surface area contributed by atoms with Gasteiger partial charge in [-0.3, -0.25) is 10.1 Å². The van der Waals surface area contributed by atoms with Crippen LogP contribution in [-0.4, -0.2) is 23.6 Å². The zero-order valence-electron chi connectivity index (χ0n) is 9.27. The summed E-state index contributed by atoms with van der Waals surface area (Å²) in [6, 6.07) is 10.1. The Labute approximate surface area is 100.0 Å². The van der Waals surface area contributed by atoms with Crippen molar-refractivity contribution in [1.82, 2.24) is 10.6 Å². The molecule has 1 aromatic carbocycles. The van der Waals surface area contributed by atoms with E-state index in [4.69, 9.17) is 0 Å². The maximum atomic E-state index is 11.8. The molecule has 0 aromatic heterocycles. The second-order valence-corrected chi connectivity index (χ2v) is 4.94. The van der Waals surface area contributed by atoms with Crippen molar-refractivity contribution in [3.63, 3.8) is 0 Å². The van der Waals surface area contributed by atoms with Crippen molar-refractivity contribution in [3.05, 3.63) is 35.9 Å². The number of benzene rings is 1. The molecule has 1 unspecified atom stereocenters. The zero-order valence-corrected chi connectivity index (χ0v) is 10.1. The lowest BCUT2D eigenvalue weighted by molar-refractivity contribution is -0.123. The molecule has 2 atom stereocenters. The molecule has 0 bridgehead atoms. The summed E-state index contributed by atoms with van der Waals surface area (Å²) >= 11 is 1.76. The van der Waals surface area contributed by atoms with E-state index in [0.717, 1.165) is 17.2 Å². The summed E-state index contributed by atoms with van der Waals surface area (Å²) < 4.78 is 0.